The molecule has 3 aromatic rings. The lowest BCUT2D eigenvalue weighted by Crippen LogP contribution is -2.43. The number of carbonyl (C=O) groups is 1. The van der Waals surface area contributed by atoms with E-state index in [2.05, 4.69) is 58.2 Å². The number of likely N-dealkylation sites (tertiary alicyclic amines) is 1. The Hall–Kier alpha value is -2.14. The number of hydrogen-bond acceptors (Lipinski definition) is 2. The van der Waals surface area contributed by atoms with Crippen molar-refractivity contribution in [3.63, 3.8) is 0 Å². The Morgan fingerprint density at radius 3 is 2.79 bits per heavy atom. The van der Waals surface area contributed by atoms with Gasteiger partial charge in [-0.3, -0.25) is 9.78 Å². The predicted molar refractivity (Wildman–Crippen MR) is 98.8 cm³/mol. The molecule has 2 aromatic heterocycles. The molecule has 1 fully saturated rings. The number of aromatic nitrogens is 2. The summed E-state index contributed by atoms with van der Waals surface area (Å²) in [5.41, 5.74) is 5.30. The molecule has 4 nitrogen and oxygen atoms in total. The van der Waals surface area contributed by atoms with Crippen molar-refractivity contribution in [1.82, 2.24) is 14.5 Å². The maximum atomic E-state index is 12.3. The van der Waals surface area contributed by atoms with Crippen LogP contribution < -0.4 is 0 Å². The fourth-order valence-corrected chi connectivity index (χ4v) is 3.60. The van der Waals surface area contributed by atoms with Gasteiger partial charge in [0.05, 0.1) is 9.99 Å². The lowest BCUT2D eigenvalue weighted by molar-refractivity contribution is -0.135. The Morgan fingerprint density at radius 2 is 2.08 bits per heavy atom. The molecule has 0 atom stereocenters. The zero-order valence-electron chi connectivity index (χ0n) is 13.5. The van der Waals surface area contributed by atoms with Gasteiger partial charge in [0.25, 0.3) is 0 Å². The summed E-state index contributed by atoms with van der Waals surface area (Å²) in [6.07, 6.45) is 4.96. The van der Waals surface area contributed by atoms with Crippen molar-refractivity contribution in [3.8, 4) is 11.1 Å². The summed E-state index contributed by atoms with van der Waals surface area (Å²) >= 11 is 3.56. The van der Waals surface area contributed by atoms with Gasteiger partial charge in [0, 0.05) is 31.0 Å². The fourth-order valence-electron chi connectivity index (χ4n) is 3.05. The molecule has 4 rings (SSSR count). The lowest BCUT2D eigenvalue weighted by atomic mass is 10.1. The van der Waals surface area contributed by atoms with Gasteiger partial charge in [-0.25, -0.2) is 0 Å². The first-order valence-corrected chi connectivity index (χ1v) is 8.90. The second kappa shape index (κ2) is 6.06. The van der Waals surface area contributed by atoms with Crippen molar-refractivity contribution < 1.29 is 4.79 Å². The standard InChI is InChI=1S/C19H18BrN3O/c1-13-4-2-5-14(8-13)15-9-17-19(21-10-15)16(20)11-23(17)12-18(24)22-6-3-7-22/h2,4-5,8-11H,3,6-7,12H2,1H3. The van der Waals surface area contributed by atoms with E-state index in [4.69, 9.17) is 0 Å². The molecule has 0 N–H and O–H groups in total. The zero-order valence-corrected chi connectivity index (χ0v) is 15.1. The molecule has 24 heavy (non-hydrogen) atoms. The summed E-state index contributed by atoms with van der Waals surface area (Å²) in [5, 5.41) is 0. The van der Waals surface area contributed by atoms with E-state index < -0.39 is 0 Å². The molecule has 122 valence electrons. The van der Waals surface area contributed by atoms with Gasteiger partial charge in [-0.05, 0) is 40.9 Å². The van der Waals surface area contributed by atoms with Gasteiger partial charge in [0.15, 0.2) is 0 Å². The first-order chi connectivity index (χ1) is 11.6. The number of nitrogens with zero attached hydrogens (tertiary/aromatic N) is 3. The number of hydrogen-bond donors (Lipinski definition) is 0. The van der Waals surface area contributed by atoms with Gasteiger partial charge in [-0.2, -0.15) is 0 Å². The first-order valence-electron chi connectivity index (χ1n) is 8.11. The summed E-state index contributed by atoms with van der Waals surface area (Å²) < 4.78 is 2.91. The van der Waals surface area contributed by atoms with E-state index in [9.17, 15) is 4.79 Å². The van der Waals surface area contributed by atoms with Crippen molar-refractivity contribution >= 4 is 32.9 Å². The summed E-state index contributed by atoms with van der Waals surface area (Å²) in [4.78, 5) is 18.8. The number of carbonyl (C=O) groups excluding carboxylic acids is 1. The van der Waals surface area contributed by atoms with Gasteiger partial charge < -0.3 is 9.47 Å². The Labute approximate surface area is 149 Å². The zero-order chi connectivity index (χ0) is 16.7. The smallest absolute Gasteiger partial charge is 0.242 e. The van der Waals surface area contributed by atoms with Crippen LogP contribution in [0.15, 0.2) is 47.2 Å². The molecular weight excluding hydrogens is 366 g/mol. The van der Waals surface area contributed by atoms with Crippen molar-refractivity contribution in [2.45, 2.75) is 19.9 Å². The van der Waals surface area contributed by atoms with Gasteiger partial charge in [-0.15, -0.1) is 0 Å². The van der Waals surface area contributed by atoms with E-state index in [1.807, 2.05) is 21.9 Å². The third-order valence-corrected chi connectivity index (χ3v) is 5.12. The van der Waals surface area contributed by atoms with E-state index in [0.29, 0.717) is 6.54 Å². The number of rotatable bonds is 3. The number of halogens is 1. The highest BCUT2D eigenvalue weighted by Crippen LogP contribution is 2.29. The Kier molecular flexibility index (Phi) is 3.88. The van der Waals surface area contributed by atoms with Crippen LogP contribution >= 0.6 is 15.9 Å². The summed E-state index contributed by atoms with van der Waals surface area (Å²) in [5.74, 6) is 0.173. The molecule has 0 unspecified atom stereocenters. The predicted octanol–water partition coefficient (Wildman–Crippen LogP) is 4.01. The summed E-state index contributed by atoms with van der Waals surface area (Å²) in [6.45, 7) is 4.21. The van der Waals surface area contributed by atoms with Crippen LogP contribution in [0.3, 0.4) is 0 Å². The van der Waals surface area contributed by atoms with E-state index >= 15 is 0 Å². The molecule has 5 heteroatoms. The van der Waals surface area contributed by atoms with E-state index in [1.54, 1.807) is 0 Å². The third kappa shape index (κ3) is 2.73. The summed E-state index contributed by atoms with van der Waals surface area (Å²) in [6, 6.07) is 10.5. The quantitative estimate of drug-likeness (QED) is 0.685. The van der Waals surface area contributed by atoms with E-state index in [-0.39, 0.29) is 5.91 Å². The van der Waals surface area contributed by atoms with Crippen molar-refractivity contribution in [1.29, 1.82) is 0 Å². The molecule has 1 saturated heterocycles. The second-order valence-corrected chi connectivity index (χ2v) is 7.15. The molecule has 1 aromatic carbocycles. The van der Waals surface area contributed by atoms with E-state index in [0.717, 1.165) is 46.1 Å². The first kappa shape index (κ1) is 15.4. The van der Waals surface area contributed by atoms with Crippen LogP contribution in [0.25, 0.3) is 22.2 Å². The van der Waals surface area contributed by atoms with Crippen LogP contribution in [-0.4, -0.2) is 33.4 Å². The van der Waals surface area contributed by atoms with Crippen molar-refractivity contribution in [2.75, 3.05) is 13.1 Å². The van der Waals surface area contributed by atoms with Gasteiger partial charge >= 0.3 is 0 Å². The second-order valence-electron chi connectivity index (χ2n) is 6.30. The van der Waals surface area contributed by atoms with Crippen LogP contribution in [-0.2, 0) is 11.3 Å². The van der Waals surface area contributed by atoms with Gasteiger partial charge in [0.2, 0.25) is 5.91 Å². The van der Waals surface area contributed by atoms with Crippen molar-refractivity contribution in [2.24, 2.45) is 0 Å². The van der Waals surface area contributed by atoms with Gasteiger partial charge in [0.1, 0.15) is 12.1 Å². The van der Waals surface area contributed by atoms with Crippen LogP contribution in [0.5, 0.6) is 0 Å². The Morgan fingerprint density at radius 1 is 1.25 bits per heavy atom. The molecule has 1 aliphatic rings. The molecule has 0 spiro atoms. The number of benzene rings is 1. The highest BCUT2D eigenvalue weighted by atomic mass is 79.9. The van der Waals surface area contributed by atoms with Crippen LogP contribution in [0.1, 0.15) is 12.0 Å². The van der Waals surface area contributed by atoms with E-state index in [1.165, 1.54) is 5.56 Å². The number of aryl methyl sites for hydroxylation is 1. The molecule has 0 saturated carbocycles. The maximum Gasteiger partial charge on any atom is 0.242 e. The third-order valence-electron chi connectivity index (χ3n) is 4.54. The number of pyridine rings is 1. The SMILES string of the molecule is Cc1cccc(-c2cnc3c(Br)cn(CC(=O)N4CCC4)c3c2)c1. The monoisotopic (exact) mass is 383 g/mol. The molecule has 1 aliphatic heterocycles. The molecule has 3 heterocycles. The van der Waals surface area contributed by atoms with Crippen molar-refractivity contribution in [3.05, 3.63) is 52.8 Å². The molecule has 0 radical (unpaired) electrons. The number of fused-ring (bicyclic) bond motifs is 1. The fraction of sp³-hybridized carbons (Fsp3) is 0.263. The Balaban J connectivity index is 1.74. The molecule has 0 aliphatic carbocycles. The maximum absolute atomic E-state index is 12.3. The normalized spacial score (nSPS) is 14.0. The Bertz CT molecular complexity index is 928. The summed E-state index contributed by atoms with van der Waals surface area (Å²) in [7, 11) is 0. The molecule has 1 amide bonds. The topological polar surface area (TPSA) is 38.1 Å². The van der Waals surface area contributed by atoms with Crippen LogP contribution in [0.2, 0.25) is 0 Å². The van der Waals surface area contributed by atoms with Gasteiger partial charge in [-0.1, -0.05) is 29.8 Å². The minimum atomic E-state index is 0.173. The number of amides is 1. The average Bonchev–Trinajstić information content (AvgIpc) is 2.81. The van der Waals surface area contributed by atoms with Crippen LogP contribution in [0, 0.1) is 6.92 Å². The average molecular weight is 384 g/mol. The highest BCUT2D eigenvalue weighted by molar-refractivity contribution is 9.10. The minimum absolute atomic E-state index is 0.173. The largest absolute Gasteiger partial charge is 0.341 e. The lowest BCUT2D eigenvalue weighted by Gasteiger charge is -2.31. The minimum Gasteiger partial charge on any atom is -0.341 e. The van der Waals surface area contributed by atoms with Crippen LogP contribution in [0.4, 0.5) is 0 Å². The molecule has 0 bridgehead atoms. The molecular formula is C19H18BrN3O. The highest BCUT2D eigenvalue weighted by Gasteiger charge is 2.21.